The smallest absolute Gasteiger partial charge is 0.0479 e. The van der Waals surface area contributed by atoms with Crippen LogP contribution in [0.15, 0.2) is 16.9 Å². The molecule has 0 bridgehead atoms. The molecule has 2 rings (SSSR count). The molecule has 2 heteroatoms. The van der Waals surface area contributed by atoms with E-state index in [0.29, 0.717) is 11.8 Å². The van der Waals surface area contributed by atoms with E-state index < -0.39 is 0 Å². The Hall–Kier alpha value is -0.790. The van der Waals surface area contributed by atoms with Crippen LogP contribution in [0.1, 0.15) is 60.7 Å². The molecular formula is C15H28N2. The van der Waals surface area contributed by atoms with Crippen LogP contribution in [0, 0.1) is 17.8 Å². The van der Waals surface area contributed by atoms with E-state index in [0.717, 1.165) is 5.92 Å². The van der Waals surface area contributed by atoms with Crippen molar-refractivity contribution in [3.05, 3.63) is 11.8 Å². The third-order valence-electron chi connectivity index (χ3n) is 4.36. The largest absolute Gasteiger partial charge is 0.286 e. The lowest BCUT2D eigenvalue weighted by Crippen LogP contribution is -2.30. The average molecular weight is 236 g/mol. The molecule has 1 heterocycles. The van der Waals surface area contributed by atoms with Gasteiger partial charge in [0.25, 0.3) is 0 Å². The molecule has 2 unspecified atom stereocenters. The third kappa shape index (κ3) is 2.91. The van der Waals surface area contributed by atoms with E-state index in [1.54, 1.807) is 5.57 Å². The maximum absolute atomic E-state index is 4.52. The van der Waals surface area contributed by atoms with E-state index >= 15 is 0 Å². The highest BCUT2D eigenvalue weighted by atomic mass is 15.3. The molecule has 2 atom stereocenters. The molecule has 1 aliphatic carbocycles. The highest BCUT2D eigenvalue weighted by Gasteiger charge is 2.27. The van der Waals surface area contributed by atoms with Crippen molar-refractivity contribution in [1.29, 1.82) is 0 Å². The molecule has 1 saturated carbocycles. The Morgan fingerprint density at radius 1 is 1.41 bits per heavy atom. The summed E-state index contributed by atoms with van der Waals surface area (Å²) >= 11 is 0. The number of nitrogens with zero attached hydrogens (tertiary/aromatic N) is 1. The van der Waals surface area contributed by atoms with Gasteiger partial charge in [-0.2, -0.15) is 5.10 Å². The average Bonchev–Trinajstić information content (AvgIpc) is 2.29. The van der Waals surface area contributed by atoms with Gasteiger partial charge >= 0.3 is 0 Å². The molecule has 1 aliphatic heterocycles. The molecule has 1 N–H and O–H groups in total. The highest BCUT2D eigenvalue weighted by molar-refractivity contribution is 5.91. The summed E-state index contributed by atoms with van der Waals surface area (Å²) in [5.74, 6) is 2.14. The van der Waals surface area contributed by atoms with Gasteiger partial charge in [0.2, 0.25) is 0 Å². The van der Waals surface area contributed by atoms with Crippen molar-refractivity contribution in [3.63, 3.8) is 0 Å². The lowest BCUT2D eigenvalue weighted by atomic mass is 9.77. The molecule has 2 aliphatic rings. The van der Waals surface area contributed by atoms with Gasteiger partial charge in [0.05, 0.1) is 0 Å². The number of hydrogen-bond acceptors (Lipinski definition) is 2. The zero-order valence-corrected chi connectivity index (χ0v) is 11.5. The van der Waals surface area contributed by atoms with Crippen LogP contribution in [-0.4, -0.2) is 5.71 Å². The van der Waals surface area contributed by atoms with E-state index in [9.17, 15) is 0 Å². The van der Waals surface area contributed by atoms with Crippen molar-refractivity contribution >= 4 is 5.71 Å². The monoisotopic (exact) mass is 236 g/mol. The predicted octanol–water partition coefficient (Wildman–Crippen LogP) is 4.34. The van der Waals surface area contributed by atoms with Crippen molar-refractivity contribution < 1.29 is 1.43 Å². The summed E-state index contributed by atoms with van der Waals surface area (Å²) in [5, 5.41) is 4.52. The fraction of sp³-hybridized carbons (Fsp3) is 0.800. The van der Waals surface area contributed by atoms with Gasteiger partial charge in [-0.05, 0) is 36.7 Å². The summed E-state index contributed by atoms with van der Waals surface area (Å²) in [6.45, 7) is 6.85. The second-order valence-electron chi connectivity index (χ2n) is 5.84. The van der Waals surface area contributed by atoms with Crippen molar-refractivity contribution in [2.45, 2.75) is 59.3 Å². The lowest BCUT2D eigenvalue weighted by molar-refractivity contribution is 0.380. The number of allylic oxidation sites excluding steroid dienone is 1. The Labute approximate surface area is 107 Å². The van der Waals surface area contributed by atoms with Crippen LogP contribution < -0.4 is 5.43 Å². The van der Waals surface area contributed by atoms with Crippen molar-refractivity contribution in [2.24, 2.45) is 22.9 Å². The summed E-state index contributed by atoms with van der Waals surface area (Å²) < 4.78 is 0. The first kappa shape index (κ1) is 12.7. The standard InChI is InChI=1S/C15H26N2.H2/c1-4-12-6-5-7-14-13(9-8-12)10-16-17-15(14)11(2)3;/h10-12,14,16H,4-9H2,1-3H3;1H. The molecule has 1 fully saturated rings. The summed E-state index contributed by atoms with van der Waals surface area (Å²) in [4.78, 5) is 0. The fourth-order valence-electron chi connectivity index (χ4n) is 3.20. The summed E-state index contributed by atoms with van der Waals surface area (Å²) in [6.07, 6.45) is 10.2. The molecule has 0 aromatic carbocycles. The van der Waals surface area contributed by atoms with Gasteiger partial charge in [-0.3, -0.25) is 5.43 Å². The number of nitrogens with one attached hydrogen (secondary N) is 1. The van der Waals surface area contributed by atoms with Crippen LogP contribution in [0.25, 0.3) is 0 Å². The van der Waals surface area contributed by atoms with Crippen molar-refractivity contribution in [2.75, 3.05) is 0 Å². The first-order chi connectivity index (χ1) is 8.22. The predicted molar refractivity (Wildman–Crippen MR) is 76.0 cm³/mol. The zero-order valence-electron chi connectivity index (χ0n) is 11.5. The number of hydrogen-bond donors (Lipinski definition) is 1. The summed E-state index contributed by atoms with van der Waals surface area (Å²) in [7, 11) is 0. The first-order valence-corrected chi connectivity index (χ1v) is 7.24. The van der Waals surface area contributed by atoms with Gasteiger partial charge in [-0.15, -0.1) is 0 Å². The van der Waals surface area contributed by atoms with Crippen molar-refractivity contribution in [3.8, 4) is 0 Å². The van der Waals surface area contributed by atoms with Crippen LogP contribution in [-0.2, 0) is 0 Å². The molecule has 98 valence electrons. The van der Waals surface area contributed by atoms with Gasteiger partial charge in [0.15, 0.2) is 0 Å². The van der Waals surface area contributed by atoms with Gasteiger partial charge in [-0.25, -0.2) is 0 Å². The second-order valence-corrected chi connectivity index (χ2v) is 5.84. The molecule has 0 radical (unpaired) electrons. The summed E-state index contributed by atoms with van der Waals surface area (Å²) in [5.41, 5.74) is 6.09. The third-order valence-corrected chi connectivity index (χ3v) is 4.36. The van der Waals surface area contributed by atoms with Crippen LogP contribution in [0.2, 0.25) is 0 Å². The van der Waals surface area contributed by atoms with Crippen LogP contribution in [0.3, 0.4) is 0 Å². The summed E-state index contributed by atoms with van der Waals surface area (Å²) in [6, 6.07) is 0. The second kappa shape index (κ2) is 5.70. The van der Waals surface area contributed by atoms with Crippen LogP contribution in [0.4, 0.5) is 0 Å². The van der Waals surface area contributed by atoms with Crippen LogP contribution >= 0.6 is 0 Å². The van der Waals surface area contributed by atoms with Gasteiger partial charge in [-0.1, -0.05) is 40.0 Å². The molecule has 2 nitrogen and oxygen atoms in total. The van der Waals surface area contributed by atoms with Crippen LogP contribution in [0.5, 0.6) is 0 Å². The minimum Gasteiger partial charge on any atom is -0.286 e. The lowest BCUT2D eigenvalue weighted by Gasteiger charge is -2.31. The fourth-order valence-corrected chi connectivity index (χ4v) is 3.20. The zero-order chi connectivity index (χ0) is 12.3. The van der Waals surface area contributed by atoms with E-state index in [-0.39, 0.29) is 1.43 Å². The molecule has 0 aromatic heterocycles. The first-order valence-electron chi connectivity index (χ1n) is 7.24. The maximum Gasteiger partial charge on any atom is 0.0479 e. The normalized spacial score (nSPS) is 29.6. The highest BCUT2D eigenvalue weighted by Crippen LogP contribution is 2.34. The SMILES string of the molecule is CCC1CCCC2C(=CNN=C2C(C)C)CC1.[HH]. The Bertz CT molecular complexity index is 320. The van der Waals surface area contributed by atoms with Crippen molar-refractivity contribution in [1.82, 2.24) is 5.43 Å². The topological polar surface area (TPSA) is 24.4 Å². The molecule has 0 spiro atoms. The van der Waals surface area contributed by atoms with E-state index in [4.69, 9.17) is 0 Å². The number of hydrazone groups is 1. The Morgan fingerprint density at radius 2 is 2.24 bits per heavy atom. The van der Waals surface area contributed by atoms with Gasteiger partial charge in [0, 0.05) is 19.3 Å². The molecule has 17 heavy (non-hydrogen) atoms. The molecule has 0 saturated heterocycles. The van der Waals surface area contributed by atoms with E-state index in [1.807, 2.05) is 0 Å². The minimum atomic E-state index is 0. The van der Waals surface area contributed by atoms with Gasteiger partial charge < -0.3 is 0 Å². The Balaban J connectivity index is 0.00000162. The Kier molecular flexibility index (Phi) is 4.25. The molecular weight excluding hydrogens is 208 g/mol. The Morgan fingerprint density at radius 3 is 2.94 bits per heavy atom. The molecule has 0 aromatic rings. The van der Waals surface area contributed by atoms with E-state index in [1.165, 1.54) is 44.2 Å². The van der Waals surface area contributed by atoms with Gasteiger partial charge in [0.1, 0.15) is 0 Å². The van der Waals surface area contributed by atoms with E-state index in [2.05, 4.69) is 37.5 Å². The molecule has 0 amide bonds. The quantitative estimate of drug-likeness (QED) is 0.758. The minimum absolute atomic E-state index is 0. The maximum atomic E-state index is 4.52. The number of rotatable bonds is 2. The number of fused-ring (bicyclic) bond motifs is 1.